The number of nitrogens with zero attached hydrogens (tertiary/aromatic N) is 6. The average Bonchev–Trinajstić information content (AvgIpc) is 3.14. The maximum atomic E-state index is 6.20. The predicted octanol–water partition coefficient (Wildman–Crippen LogP) is 3.63. The van der Waals surface area contributed by atoms with Gasteiger partial charge in [0, 0.05) is 62.3 Å². The van der Waals surface area contributed by atoms with Crippen molar-refractivity contribution in [3.63, 3.8) is 0 Å². The molecule has 1 atom stereocenters. The third-order valence-electron chi connectivity index (χ3n) is 5.84. The van der Waals surface area contributed by atoms with E-state index in [1.807, 2.05) is 43.4 Å². The van der Waals surface area contributed by atoms with Crippen LogP contribution in [-0.2, 0) is 11.3 Å². The van der Waals surface area contributed by atoms with Crippen LogP contribution in [0.5, 0.6) is 0 Å². The first kappa shape index (κ1) is 20.5. The molecule has 3 aromatic heterocycles. The Morgan fingerprint density at radius 3 is 2.72 bits per heavy atom. The van der Waals surface area contributed by atoms with Gasteiger partial charge in [0.2, 0.25) is 5.95 Å². The second-order valence-corrected chi connectivity index (χ2v) is 8.23. The van der Waals surface area contributed by atoms with Crippen molar-refractivity contribution in [1.29, 1.82) is 0 Å². The van der Waals surface area contributed by atoms with Gasteiger partial charge in [0.15, 0.2) is 0 Å². The molecule has 32 heavy (non-hydrogen) atoms. The van der Waals surface area contributed by atoms with Gasteiger partial charge in [-0.25, -0.2) is 19.9 Å². The number of aryl methyl sites for hydroxylation is 1. The zero-order valence-corrected chi connectivity index (χ0v) is 18.5. The van der Waals surface area contributed by atoms with Gasteiger partial charge < -0.3 is 14.1 Å². The van der Waals surface area contributed by atoms with E-state index in [4.69, 9.17) is 14.1 Å². The maximum Gasteiger partial charge on any atom is 0.225 e. The number of morpholine rings is 1. The summed E-state index contributed by atoms with van der Waals surface area (Å²) in [7, 11) is 3.87. The Morgan fingerprint density at radius 2 is 1.94 bits per heavy atom. The van der Waals surface area contributed by atoms with Gasteiger partial charge in [0.25, 0.3) is 0 Å². The summed E-state index contributed by atoms with van der Waals surface area (Å²) in [6.07, 6.45) is 6.73. The Labute approximate surface area is 186 Å². The largest absolute Gasteiger partial charge is 0.459 e. The second kappa shape index (κ2) is 8.64. The highest BCUT2D eigenvalue weighted by atomic mass is 16.5. The van der Waals surface area contributed by atoms with Crippen LogP contribution in [0.2, 0.25) is 0 Å². The van der Waals surface area contributed by atoms with E-state index in [1.165, 1.54) is 17.3 Å². The number of hydrogen-bond acceptors (Lipinski definition) is 8. The molecule has 8 nitrogen and oxygen atoms in total. The predicted molar refractivity (Wildman–Crippen MR) is 122 cm³/mol. The van der Waals surface area contributed by atoms with Crippen molar-refractivity contribution in [2.24, 2.45) is 0 Å². The van der Waals surface area contributed by atoms with E-state index in [-0.39, 0.29) is 6.10 Å². The molecule has 0 radical (unpaired) electrons. The van der Waals surface area contributed by atoms with Crippen molar-refractivity contribution in [2.75, 3.05) is 38.7 Å². The zero-order valence-electron chi connectivity index (χ0n) is 18.5. The molecule has 164 valence electrons. The molecular formula is C24H26N6O2. The third-order valence-corrected chi connectivity index (χ3v) is 5.84. The Morgan fingerprint density at radius 1 is 1.12 bits per heavy atom. The molecule has 5 rings (SSSR count). The normalized spacial score (nSPS) is 17.0. The molecule has 0 saturated carbocycles. The van der Waals surface area contributed by atoms with Gasteiger partial charge in [-0.3, -0.25) is 4.90 Å². The molecule has 1 aromatic carbocycles. The standard InChI is InChI=1S/C24H26N6O2/c1-16-18-6-4-5-7-20(18)32-21(16)13-30-8-9-31-22(14-30)23-19(17-10-25-15-26-11-17)12-27-24(28-23)29(2)3/h4-7,10-12,15,22H,8-9,13-14H2,1-3H3/t22-/m1/s1. The number of benzene rings is 1. The Bertz CT molecular complexity index is 1220. The first-order chi connectivity index (χ1) is 15.6. The summed E-state index contributed by atoms with van der Waals surface area (Å²) in [6, 6.07) is 8.18. The molecule has 4 aromatic rings. The Kier molecular flexibility index (Phi) is 5.55. The fraction of sp³-hybridized carbons (Fsp3) is 0.333. The van der Waals surface area contributed by atoms with Gasteiger partial charge in [-0.15, -0.1) is 0 Å². The molecule has 4 heterocycles. The number of aromatic nitrogens is 4. The minimum atomic E-state index is -0.189. The molecule has 1 aliphatic rings. The van der Waals surface area contributed by atoms with Gasteiger partial charge in [0.05, 0.1) is 18.8 Å². The van der Waals surface area contributed by atoms with E-state index >= 15 is 0 Å². The third kappa shape index (κ3) is 3.94. The summed E-state index contributed by atoms with van der Waals surface area (Å²) >= 11 is 0. The van der Waals surface area contributed by atoms with Crippen LogP contribution in [0.25, 0.3) is 22.1 Å². The lowest BCUT2D eigenvalue weighted by Gasteiger charge is -2.33. The maximum absolute atomic E-state index is 6.20. The molecule has 0 N–H and O–H groups in total. The molecule has 0 spiro atoms. The second-order valence-electron chi connectivity index (χ2n) is 8.23. The van der Waals surface area contributed by atoms with Crippen LogP contribution >= 0.6 is 0 Å². The molecular weight excluding hydrogens is 404 g/mol. The number of hydrogen-bond donors (Lipinski definition) is 0. The van der Waals surface area contributed by atoms with Crippen molar-refractivity contribution in [3.8, 4) is 11.1 Å². The van der Waals surface area contributed by atoms with Crippen molar-refractivity contribution >= 4 is 16.9 Å². The SMILES string of the molecule is Cc1c(CN2CCO[C@@H](c3nc(N(C)C)ncc3-c3cncnc3)C2)oc2ccccc12. The lowest BCUT2D eigenvalue weighted by atomic mass is 10.0. The molecule has 1 fully saturated rings. The Hall–Kier alpha value is -3.36. The molecule has 0 bridgehead atoms. The highest BCUT2D eigenvalue weighted by Crippen LogP contribution is 2.32. The highest BCUT2D eigenvalue weighted by Gasteiger charge is 2.28. The molecule has 1 aliphatic heterocycles. The minimum absolute atomic E-state index is 0.189. The van der Waals surface area contributed by atoms with Crippen LogP contribution in [0, 0.1) is 6.92 Å². The summed E-state index contributed by atoms with van der Waals surface area (Å²) in [6.45, 7) is 5.02. The van der Waals surface area contributed by atoms with Crippen molar-refractivity contribution in [1.82, 2.24) is 24.8 Å². The molecule has 0 amide bonds. The van der Waals surface area contributed by atoms with Crippen LogP contribution in [0.15, 0.2) is 53.6 Å². The number of rotatable bonds is 5. The summed E-state index contributed by atoms with van der Waals surface area (Å²) in [5.74, 6) is 1.65. The highest BCUT2D eigenvalue weighted by molar-refractivity contribution is 5.81. The van der Waals surface area contributed by atoms with E-state index in [0.29, 0.717) is 19.1 Å². The van der Waals surface area contributed by atoms with Crippen LogP contribution in [0.1, 0.15) is 23.1 Å². The molecule has 8 heteroatoms. The lowest BCUT2D eigenvalue weighted by molar-refractivity contribution is -0.0363. The zero-order chi connectivity index (χ0) is 22.1. The molecule has 0 unspecified atom stereocenters. The molecule has 0 aliphatic carbocycles. The van der Waals surface area contributed by atoms with Crippen molar-refractivity contribution < 1.29 is 9.15 Å². The van der Waals surface area contributed by atoms with Gasteiger partial charge in [-0.2, -0.15) is 0 Å². The number of anilines is 1. The van der Waals surface area contributed by atoms with E-state index in [0.717, 1.165) is 41.3 Å². The molecule has 1 saturated heterocycles. The van der Waals surface area contributed by atoms with Gasteiger partial charge in [-0.05, 0) is 18.6 Å². The van der Waals surface area contributed by atoms with E-state index in [1.54, 1.807) is 12.4 Å². The topological polar surface area (TPSA) is 80.4 Å². The monoisotopic (exact) mass is 430 g/mol. The number of ether oxygens (including phenoxy) is 1. The Balaban J connectivity index is 1.44. The minimum Gasteiger partial charge on any atom is -0.459 e. The summed E-state index contributed by atoms with van der Waals surface area (Å²) in [5, 5.41) is 1.17. The van der Waals surface area contributed by atoms with Gasteiger partial charge in [-0.1, -0.05) is 18.2 Å². The van der Waals surface area contributed by atoms with Gasteiger partial charge >= 0.3 is 0 Å². The van der Waals surface area contributed by atoms with Crippen LogP contribution < -0.4 is 4.90 Å². The average molecular weight is 431 g/mol. The fourth-order valence-corrected chi connectivity index (χ4v) is 4.10. The number of para-hydroxylation sites is 1. The van der Waals surface area contributed by atoms with E-state index < -0.39 is 0 Å². The fourth-order valence-electron chi connectivity index (χ4n) is 4.10. The lowest BCUT2D eigenvalue weighted by Crippen LogP contribution is -2.38. The smallest absolute Gasteiger partial charge is 0.225 e. The van der Waals surface area contributed by atoms with E-state index in [9.17, 15) is 0 Å². The summed E-state index contributed by atoms with van der Waals surface area (Å²) in [4.78, 5) is 21.9. The van der Waals surface area contributed by atoms with Crippen LogP contribution in [0.3, 0.4) is 0 Å². The quantitative estimate of drug-likeness (QED) is 0.475. The van der Waals surface area contributed by atoms with Crippen LogP contribution in [-0.4, -0.2) is 58.6 Å². The van der Waals surface area contributed by atoms with Crippen molar-refractivity contribution in [3.05, 3.63) is 66.2 Å². The first-order valence-electron chi connectivity index (χ1n) is 10.7. The summed E-state index contributed by atoms with van der Waals surface area (Å²) < 4.78 is 12.4. The first-order valence-corrected chi connectivity index (χ1v) is 10.7. The van der Waals surface area contributed by atoms with E-state index in [2.05, 4.69) is 32.8 Å². The summed E-state index contributed by atoms with van der Waals surface area (Å²) in [5.41, 5.74) is 4.75. The number of furan rings is 1. The number of fused-ring (bicyclic) bond motifs is 1. The van der Waals surface area contributed by atoms with Gasteiger partial charge in [0.1, 0.15) is 23.8 Å². The van der Waals surface area contributed by atoms with Crippen molar-refractivity contribution in [2.45, 2.75) is 19.6 Å². The van der Waals surface area contributed by atoms with Crippen LogP contribution in [0.4, 0.5) is 5.95 Å².